The first-order valence-electron chi connectivity index (χ1n) is 11.7. The van der Waals surface area contributed by atoms with Crippen molar-refractivity contribution in [3.05, 3.63) is 108 Å². The molecule has 1 aromatic heterocycles. The van der Waals surface area contributed by atoms with Gasteiger partial charge in [0.05, 0.1) is 16.6 Å². The molecule has 0 bridgehead atoms. The number of fused-ring (bicyclic) bond motifs is 1. The number of carboxylic acids is 1. The first kappa shape index (κ1) is 22.4. The van der Waals surface area contributed by atoms with E-state index in [1.165, 1.54) is 0 Å². The smallest absolute Gasteiger partial charge is 0.336 e. The third-order valence-electron chi connectivity index (χ3n) is 6.24. The molecule has 174 valence electrons. The molecular formula is C30H26N2O3. The lowest BCUT2D eigenvalue weighted by molar-refractivity contribution is 0.0697. The van der Waals surface area contributed by atoms with Crippen molar-refractivity contribution >= 4 is 17.0 Å². The highest BCUT2D eigenvalue weighted by atomic mass is 16.4. The molecule has 5 heteroatoms. The molecule has 5 aromatic rings. The molecule has 35 heavy (non-hydrogen) atoms. The van der Waals surface area contributed by atoms with Gasteiger partial charge in [-0.2, -0.15) is 0 Å². The fraction of sp³-hybridized carbons (Fsp3) is 0.133. The van der Waals surface area contributed by atoms with Gasteiger partial charge in [-0.15, -0.1) is 0 Å². The zero-order valence-corrected chi connectivity index (χ0v) is 19.5. The molecule has 0 fully saturated rings. The Labute approximate surface area is 203 Å². The number of imidazole rings is 1. The molecule has 0 spiro atoms. The molecule has 0 aliphatic rings. The number of phenolic OH excluding ortho intramolecular Hbond substituents is 1. The number of aromatic carboxylic acids is 1. The highest BCUT2D eigenvalue weighted by molar-refractivity contribution is 5.96. The lowest BCUT2D eigenvalue weighted by atomic mass is 9.98. The first-order valence-corrected chi connectivity index (χ1v) is 11.7. The molecule has 2 N–H and O–H groups in total. The van der Waals surface area contributed by atoms with Gasteiger partial charge >= 0.3 is 5.97 Å². The zero-order valence-electron chi connectivity index (χ0n) is 19.5. The number of nitrogens with zero attached hydrogens (tertiary/aromatic N) is 2. The summed E-state index contributed by atoms with van der Waals surface area (Å²) >= 11 is 0. The summed E-state index contributed by atoms with van der Waals surface area (Å²) in [6.45, 7) is 2.83. The third kappa shape index (κ3) is 4.53. The molecule has 4 aromatic carbocycles. The minimum Gasteiger partial charge on any atom is -0.508 e. The van der Waals surface area contributed by atoms with Crippen LogP contribution in [0.5, 0.6) is 5.75 Å². The summed E-state index contributed by atoms with van der Waals surface area (Å²) in [5, 5.41) is 19.4. The predicted molar refractivity (Wildman–Crippen MR) is 139 cm³/mol. The summed E-state index contributed by atoms with van der Waals surface area (Å²) in [4.78, 5) is 16.5. The van der Waals surface area contributed by atoms with E-state index >= 15 is 0 Å². The average molecular weight is 463 g/mol. The number of aromatic nitrogens is 2. The Bertz CT molecular complexity index is 1520. The molecule has 1 heterocycles. The van der Waals surface area contributed by atoms with E-state index in [0.717, 1.165) is 52.0 Å². The van der Waals surface area contributed by atoms with E-state index in [4.69, 9.17) is 4.98 Å². The van der Waals surface area contributed by atoms with E-state index in [0.29, 0.717) is 17.7 Å². The third-order valence-corrected chi connectivity index (χ3v) is 6.24. The maximum Gasteiger partial charge on any atom is 0.336 e. The lowest BCUT2D eigenvalue weighted by Crippen LogP contribution is -2.05. The fourth-order valence-corrected chi connectivity index (χ4v) is 4.53. The van der Waals surface area contributed by atoms with E-state index < -0.39 is 5.97 Å². The van der Waals surface area contributed by atoms with Crippen LogP contribution in [-0.2, 0) is 13.0 Å². The second-order valence-electron chi connectivity index (χ2n) is 8.67. The standard InChI is InChI=1S/C30H26N2O3/c1-2-6-29-31-27-18-23(22-7-5-8-24(33)17-22)15-16-28(27)32(29)19-20-11-13-21(14-12-20)25-9-3-4-10-26(25)30(34)35/h3-5,7-18,33H,2,6,19H2,1H3,(H,34,35). The number of carboxylic acid groups (broad SMARTS) is 1. The number of rotatable bonds is 7. The summed E-state index contributed by atoms with van der Waals surface area (Å²) in [6, 6.07) is 28.6. The number of aryl methyl sites for hydroxylation is 1. The second-order valence-corrected chi connectivity index (χ2v) is 8.67. The van der Waals surface area contributed by atoms with Crippen LogP contribution < -0.4 is 0 Å². The van der Waals surface area contributed by atoms with Crippen LogP contribution in [0, 0.1) is 0 Å². The largest absolute Gasteiger partial charge is 0.508 e. The average Bonchev–Trinajstić information content (AvgIpc) is 3.21. The predicted octanol–water partition coefficient (Wildman–Crippen LogP) is 6.77. The molecule has 0 aliphatic heterocycles. The molecule has 0 aliphatic carbocycles. The number of phenols is 1. The Morgan fingerprint density at radius 2 is 1.60 bits per heavy atom. The Morgan fingerprint density at radius 1 is 0.857 bits per heavy atom. The van der Waals surface area contributed by atoms with E-state index in [2.05, 4.69) is 41.8 Å². The second kappa shape index (κ2) is 9.47. The van der Waals surface area contributed by atoms with Gasteiger partial charge in [-0.3, -0.25) is 0 Å². The maximum absolute atomic E-state index is 11.6. The van der Waals surface area contributed by atoms with Crippen molar-refractivity contribution in [3.8, 4) is 28.0 Å². The van der Waals surface area contributed by atoms with Gasteiger partial charge in [0.1, 0.15) is 11.6 Å². The van der Waals surface area contributed by atoms with Crippen LogP contribution in [0.3, 0.4) is 0 Å². The Balaban J connectivity index is 1.49. The molecule has 5 rings (SSSR count). The summed E-state index contributed by atoms with van der Waals surface area (Å²) in [7, 11) is 0. The first-order chi connectivity index (χ1) is 17.0. The number of hydrogen-bond acceptors (Lipinski definition) is 3. The van der Waals surface area contributed by atoms with Gasteiger partial charge in [-0.1, -0.05) is 67.6 Å². The summed E-state index contributed by atoms with van der Waals surface area (Å²) < 4.78 is 2.26. The topological polar surface area (TPSA) is 75.4 Å². The minimum absolute atomic E-state index is 0.245. The lowest BCUT2D eigenvalue weighted by Gasteiger charge is -2.11. The van der Waals surface area contributed by atoms with Crippen LogP contribution in [0.1, 0.15) is 35.1 Å². The normalized spacial score (nSPS) is 11.1. The summed E-state index contributed by atoms with van der Waals surface area (Å²) in [5.74, 6) is 0.355. The van der Waals surface area contributed by atoms with Crippen molar-refractivity contribution in [1.82, 2.24) is 9.55 Å². The van der Waals surface area contributed by atoms with Crippen molar-refractivity contribution in [2.24, 2.45) is 0 Å². The fourth-order valence-electron chi connectivity index (χ4n) is 4.53. The van der Waals surface area contributed by atoms with Gasteiger partial charge in [-0.05, 0) is 64.6 Å². The Kier molecular flexibility index (Phi) is 6.06. The molecule has 5 nitrogen and oxygen atoms in total. The van der Waals surface area contributed by atoms with Crippen LogP contribution in [0.25, 0.3) is 33.3 Å². The molecule has 0 saturated heterocycles. The van der Waals surface area contributed by atoms with Crippen molar-refractivity contribution in [2.45, 2.75) is 26.3 Å². The van der Waals surface area contributed by atoms with Crippen molar-refractivity contribution in [2.75, 3.05) is 0 Å². The highest BCUT2D eigenvalue weighted by Crippen LogP contribution is 2.29. The summed E-state index contributed by atoms with van der Waals surface area (Å²) in [5.41, 5.74) is 6.98. The minimum atomic E-state index is -0.927. The molecule has 0 amide bonds. The van der Waals surface area contributed by atoms with E-state index in [1.807, 2.05) is 36.4 Å². The SMILES string of the molecule is CCCc1nc2cc(-c3cccc(O)c3)ccc2n1Cc1ccc(-c2ccccc2C(=O)O)cc1. The maximum atomic E-state index is 11.6. The molecular weight excluding hydrogens is 436 g/mol. The van der Waals surface area contributed by atoms with Crippen LogP contribution in [0.2, 0.25) is 0 Å². The number of hydrogen-bond donors (Lipinski definition) is 2. The molecule has 0 saturated carbocycles. The summed E-state index contributed by atoms with van der Waals surface area (Å²) in [6.07, 6.45) is 1.87. The number of benzene rings is 4. The van der Waals surface area contributed by atoms with Crippen LogP contribution >= 0.6 is 0 Å². The zero-order chi connectivity index (χ0) is 24.4. The molecule has 0 radical (unpaired) electrons. The van der Waals surface area contributed by atoms with Crippen molar-refractivity contribution in [3.63, 3.8) is 0 Å². The van der Waals surface area contributed by atoms with Crippen molar-refractivity contribution < 1.29 is 15.0 Å². The molecule has 0 atom stereocenters. The van der Waals surface area contributed by atoms with Crippen LogP contribution in [-0.4, -0.2) is 25.7 Å². The van der Waals surface area contributed by atoms with Gasteiger partial charge in [0.15, 0.2) is 0 Å². The van der Waals surface area contributed by atoms with Crippen molar-refractivity contribution in [1.29, 1.82) is 0 Å². The monoisotopic (exact) mass is 462 g/mol. The van der Waals surface area contributed by atoms with Gasteiger partial charge < -0.3 is 14.8 Å². The van der Waals surface area contributed by atoms with Gasteiger partial charge in [0, 0.05) is 13.0 Å². The number of carbonyl (C=O) groups is 1. The van der Waals surface area contributed by atoms with Crippen LogP contribution in [0.4, 0.5) is 0 Å². The van der Waals surface area contributed by atoms with E-state index in [-0.39, 0.29) is 5.75 Å². The van der Waals surface area contributed by atoms with E-state index in [1.54, 1.807) is 24.3 Å². The van der Waals surface area contributed by atoms with Gasteiger partial charge in [0.25, 0.3) is 0 Å². The molecule has 0 unspecified atom stereocenters. The Hall–Kier alpha value is -4.38. The van der Waals surface area contributed by atoms with Gasteiger partial charge in [-0.25, -0.2) is 9.78 Å². The van der Waals surface area contributed by atoms with E-state index in [9.17, 15) is 15.0 Å². The number of aromatic hydroxyl groups is 1. The highest BCUT2D eigenvalue weighted by Gasteiger charge is 2.14. The van der Waals surface area contributed by atoms with Crippen LogP contribution in [0.15, 0.2) is 91.0 Å². The van der Waals surface area contributed by atoms with Gasteiger partial charge in [0.2, 0.25) is 0 Å². The Morgan fingerprint density at radius 3 is 2.34 bits per heavy atom. The quantitative estimate of drug-likeness (QED) is 0.280.